The van der Waals surface area contributed by atoms with E-state index in [2.05, 4.69) is 9.97 Å². The Morgan fingerprint density at radius 3 is 2.38 bits per heavy atom. The molecule has 0 amide bonds. The van der Waals surface area contributed by atoms with E-state index in [0.29, 0.717) is 18.1 Å². The quantitative estimate of drug-likeness (QED) is 0.287. The number of aromatic nitrogens is 2. The highest BCUT2D eigenvalue weighted by Crippen LogP contribution is 2.34. The first kappa shape index (κ1) is 25.5. The lowest BCUT2D eigenvalue weighted by molar-refractivity contribution is -0.139. The van der Waals surface area contributed by atoms with Crippen molar-refractivity contribution in [3.63, 3.8) is 0 Å². The first-order chi connectivity index (χ1) is 16.0. The largest absolute Gasteiger partial charge is 0.480 e. The predicted octanol–water partition coefficient (Wildman–Crippen LogP) is 6.09. The summed E-state index contributed by atoms with van der Waals surface area (Å²) in [6, 6.07) is 13.6. The molecule has 1 aromatic heterocycles. The van der Waals surface area contributed by atoms with Crippen molar-refractivity contribution >= 4 is 23.5 Å². The van der Waals surface area contributed by atoms with E-state index in [0.717, 1.165) is 22.6 Å². The summed E-state index contributed by atoms with van der Waals surface area (Å²) in [6.45, 7) is 2.92. The van der Waals surface area contributed by atoms with Crippen LogP contribution in [0.2, 0.25) is 0 Å². The van der Waals surface area contributed by atoms with E-state index in [1.54, 1.807) is 30.9 Å². The molecule has 0 spiro atoms. The number of aliphatic carboxylic acids is 1. The number of hydrogen-bond acceptors (Lipinski definition) is 5. The third-order valence-corrected chi connectivity index (χ3v) is 6.19. The van der Waals surface area contributed by atoms with E-state index in [1.165, 1.54) is 36.3 Å². The summed E-state index contributed by atoms with van der Waals surface area (Å²) in [5, 5.41) is 9.29. The van der Waals surface area contributed by atoms with Crippen LogP contribution < -0.4 is 4.90 Å². The molecule has 1 N–H and O–H groups in total. The second kappa shape index (κ2) is 10.4. The normalized spacial score (nSPS) is 11.9. The summed E-state index contributed by atoms with van der Waals surface area (Å²) >= 11 is 1.22. The van der Waals surface area contributed by atoms with Gasteiger partial charge in [0, 0.05) is 29.6 Å². The molecule has 0 radical (unpaired) electrons. The van der Waals surface area contributed by atoms with Gasteiger partial charge in [-0.15, -0.1) is 11.8 Å². The Balaban J connectivity index is 1.82. The Bertz CT molecular complexity index is 1140. The number of carboxylic acid groups (broad SMARTS) is 1. The van der Waals surface area contributed by atoms with Crippen molar-refractivity contribution in [2.75, 3.05) is 18.1 Å². The SMILES string of the molecule is CC(C)(Sc1ccc(CN(CCF)c2cc(-c3cccc(C(F)(F)F)c3)ncn2)cc1)C(=O)O. The number of alkyl halides is 4. The third kappa shape index (κ3) is 6.47. The van der Waals surface area contributed by atoms with Gasteiger partial charge in [0.1, 0.15) is 23.6 Å². The van der Waals surface area contributed by atoms with E-state index in [-0.39, 0.29) is 12.1 Å². The first-order valence-corrected chi connectivity index (χ1v) is 11.1. The monoisotopic (exact) mass is 493 g/mol. The van der Waals surface area contributed by atoms with Crippen molar-refractivity contribution in [1.29, 1.82) is 0 Å². The van der Waals surface area contributed by atoms with Gasteiger partial charge in [-0.25, -0.2) is 14.4 Å². The lowest BCUT2D eigenvalue weighted by Gasteiger charge is -2.23. The Morgan fingerprint density at radius 1 is 1.06 bits per heavy atom. The van der Waals surface area contributed by atoms with Gasteiger partial charge in [0.15, 0.2) is 0 Å². The molecule has 3 aromatic rings. The number of benzene rings is 2. The first-order valence-electron chi connectivity index (χ1n) is 10.3. The molecule has 0 aliphatic rings. The lowest BCUT2D eigenvalue weighted by atomic mass is 10.1. The van der Waals surface area contributed by atoms with Gasteiger partial charge < -0.3 is 10.0 Å². The van der Waals surface area contributed by atoms with Gasteiger partial charge >= 0.3 is 12.1 Å². The molecule has 180 valence electrons. The minimum Gasteiger partial charge on any atom is -0.480 e. The molecule has 3 rings (SSSR count). The number of anilines is 1. The molecule has 0 bridgehead atoms. The predicted molar refractivity (Wildman–Crippen MR) is 124 cm³/mol. The molecule has 0 unspecified atom stereocenters. The summed E-state index contributed by atoms with van der Waals surface area (Å²) in [5.41, 5.74) is 0.628. The number of rotatable bonds is 9. The van der Waals surface area contributed by atoms with E-state index in [1.807, 2.05) is 12.1 Å². The highest BCUT2D eigenvalue weighted by Gasteiger charge is 2.30. The molecule has 0 fully saturated rings. The minimum absolute atomic E-state index is 0.0294. The maximum Gasteiger partial charge on any atom is 0.416 e. The standard InChI is InChI=1S/C24H23F4N3O2S/c1-23(2,22(32)33)34-19-8-6-16(7-9-19)14-31(11-10-25)21-13-20(29-15-30-21)17-4-3-5-18(12-17)24(26,27)28/h3-9,12-13,15H,10-11,14H2,1-2H3,(H,32,33). The molecule has 5 nitrogen and oxygen atoms in total. The van der Waals surface area contributed by atoms with Gasteiger partial charge in [0.2, 0.25) is 0 Å². The number of halogens is 4. The van der Waals surface area contributed by atoms with Gasteiger partial charge in [0.05, 0.1) is 11.3 Å². The van der Waals surface area contributed by atoms with Crippen LogP contribution in [0, 0.1) is 0 Å². The number of carboxylic acids is 1. The fraction of sp³-hybridized carbons (Fsp3) is 0.292. The van der Waals surface area contributed by atoms with E-state index < -0.39 is 29.1 Å². The van der Waals surface area contributed by atoms with Crippen LogP contribution in [0.5, 0.6) is 0 Å². The lowest BCUT2D eigenvalue weighted by Crippen LogP contribution is -2.27. The van der Waals surface area contributed by atoms with Crippen molar-refractivity contribution in [3.8, 4) is 11.3 Å². The summed E-state index contributed by atoms with van der Waals surface area (Å²) in [5.74, 6) is -0.540. The number of carbonyl (C=O) groups is 1. The maximum absolute atomic E-state index is 13.3. The van der Waals surface area contributed by atoms with Crippen molar-refractivity contribution in [2.45, 2.75) is 36.2 Å². The van der Waals surface area contributed by atoms with Crippen LogP contribution in [-0.2, 0) is 17.5 Å². The average Bonchev–Trinajstić information content (AvgIpc) is 2.79. The molecule has 0 saturated heterocycles. The van der Waals surface area contributed by atoms with Crippen molar-refractivity contribution < 1.29 is 27.5 Å². The fourth-order valence-electron chi connectivity index (χ4n) is 3.13. The van der Waals surface area contributed by atoms with Gasteiger partial charge in [-0.2, -0.15) is 13.2 Å². The summed E-state index contributed by atoms with van der Waals surface area (Å²) in [4.78, 5) is 22.1. The molecule has 34 heavy (non-hydrogen) atoms. The zero-order chi connectivity index (χ0) is 24.9. The zero-order valence-electron chi connectivity index (χ0n) is 18.5. The van der Waals surface area contributed by atoms with Crippen LogP contribution >= 0.6 is 11.8 Å². The smallest absolute Gasteiger partial charge is 0.416 e. The number of hydrogen-bond donors (Lipinski definition) is 1. The second-order valence-corrected chi connectivity index (χ2v) is 9.71. The summed E-state index contributed by atoms with van der Waals surface area (Å²) < 4.78 is 51.6. The molecule has 1 heterocycles. The molecule has 0 aliphatic heterocycles. The molecule has 0 atom stereocenters. The van der Waals surface area contributed by atoms with Crippen LogP contribution in [0.4, 0.5) is 23.4 Å². The van der Waals surface area contributed by atoms with Crippen molar-refractivity contribution in [2.24, 2.45) is 0 Å². The molecule has 0 aliphatic carbocycles. The minimum atomic E-state index is -4.48. The molecule has 10 heteroatoms. The van der Waals surface area contributed by atoms with Crippen LogP contribution in [0.15, 0.2) is 65.8 Å². The second-order valence-electron chi connectivity index (χ2n) is 8.01. The van der Waals surface area contributed by atoms with Crippen molar-refractivity contribution in [1.82, 2.24) is 9.97 Å². The summed E-state index contributed by atoms with van der Waals surface area (Å²) in [6.07, 6.45) is -3.24. The van der Waals surface area contributed by atoms with Gasteiger partial charge in [0.25, 0.3) is 0 Å². The van der Waals surface area contributed by atoms with E-state index in [9.17, 15) is 27.5 Å². The Kier molecular flexibility index (Phi) is 7.81. The van der Waals surface area contributed by atoms with E-state index >= 15 is 0 Å². The molecular formula is C24H23F4N3O2S. The highest BCUT2D eigenvalue weighted by molar-refractivity contribution is 8.01. The van der Waals surface area contributed by atoms with E-state index in [4.69, 9.17) is 0 Å². The van der Waals surface area contributed by atoms with Crippen molar-refractivity contribution in [3.05, 3.63) is 72.1 Å². The molecule has 2 aromatic carbocycles. The average molecular weight is 494 g/mol. The van der Waals surface area contributed by atoms with Crippen LogP contribution in [0.1, 0.15) is 25.0 Å². The number of thioether (sulfide) groups is 1. The highest BCUT2D eigenvalue weighted by atomic mass is 32.2. The maximum atomic E-state index is 13.3. The van der Waals surface area contributed by atoms with Gasteiger partial charge in [-0.1, -0.05) is 24.3 Å². The molecule has 0 saturated carbocycles. The fourth-order valence-corrected chi connectivity index (χ4v) is 4.08. The Hall–Kier alpha value is -3.14. The Morgan fingerprint density at radius 2 is 1.76 bits per heavy atom. The van der Waals surface area contributed by atoms with Crippen LogP contribution in [0.25, 0.3) is 11.3 Å². The van der Waals surface area contributed by atoms with Crippen LogP contribution in [0.3, 0.4) is 0 Å². The van der Waals surface area contributed by atoms with Gasteiger partial charge in [-0.3, -0.25) is 4.79 Å². The van der Waals surface area contributed by atoms with Gasteiger partial charge in [-0.05, 0) is 43.7 Å². The van der Waals surface area contributed by atoms with Crippen LogP contribution in [-0.4, -0.2) is 39.0 Å². The number of nitrogens with zero attached hydrogens (tertiary/aromatic N) is 3. The summed E-state index contributed by atoms with van der Waals surface area (Å²) in [7, 11) is 0. The topological polar surface area (TPSA) is 66.3 Å². The third-order valence-electron chi connectivity index (χ3n) is 5.00. The molecular weight excluding hydrogens is 470 g/mol. The Labute approximate surface area is 198 Å². The zero-order valence-corrected chi connectivity index (χ0v) is 19.3.